The summed E-state index contributed by atoms with van der Waals surface area (Å²) in [5.41, 5.74) is 1.66. The van der Waals surface area contributed by atoms with Crippen molar-refractivity contribution < 1.29 is 19.0 Å². The monoisotopic (exact) mass is 208 g/mol. The lowest BCUT2D eigenvalue weighted by atomic mass is 10.1. The minimum Gasteiger partial charge on any atom is -0.493 e. The number of hydrogen-bond donors (Lipinski definition) is 0. The molecule has 2 rings (SSSR count). The van der Waals surface area contributed by atoms with Gasteiger partial charge in [-0.15, -0.1) is 0 Å². The summed E-state index contributed by atoms with van der Waals surface area (Å²) in [4.78, 5) is 11.1. The lowest BCUT2D eigenvalue weighted by Gasteiger charge is -2.12. The Balaban J connectivity index is 2.61. The van der Waals surface area contributed by atoms with Gasteiger partial charge in [0.1, 0.15) is 5.75 Å². The van der Waals surface area contributed by atoms with E-state index in [1.54, 1.807) is 20.3 Å². The first-order valence-corrected chi connectivity index (χ1v) is 4.62. The fourth-order valence-corrected chi connectivity index (χ4v) is 1.80. The summed E-state index contributed by atoms with van der Waals surface area (Å²) in [6.07, 6.45) is 0.302. The van der Waals surface area contributed by atoms with E-state index in [0.29, 0.717) is 23.7 Å². The Hall–Kier alpha value is -1.71. The zero-order valence-electron chi connectivity index (χ0n) is 8.92. The fourth-order valence-electron chi connectivity index (χ4n) is 1.80. The van der Waals surface area contributed by atoms with E-state index in [9.17, 15) is 4.79 Å². The maximum atomic E-state index is 11.1. The van der Waals surface area contributed by atoms with Crippen molar-refractivity contribution in [2.75, 3.05) is 14.2 Å². The summed E-state index contributed by atoms with van der Waals surface area (Å²) >= 11 is 0. The molecule has 1 aliphatic rings. The molecule has 0 aromatic heterocycles. The van der Waals surface area contributed by atoms with Gasteiger partial charge in [0.05, 0.1) is 20.6 Å². The third-order valence-corrected chi connectivity index (χ3v) is 2.48. The predicted molar refractivity (Wildman–Crippen MR) is 53.6 cm³/mol. The van der Waals surface area contributed by atoms with Crippen LogP contribution in [0.4, 0.5) is 0 Å². The van der Waals surface area contributed by atoms with Gasteiger partial charge in [0.15, 0.2) is 11.5 Å². The highest BCUT2D eigenvalue weighted by molar-refractivity contribution is 5.83. The Morgan fingerprint density at radius 1 is 1.33 bits per heavy atom. The maximum absolute atomic E-state index is 11.1. The van der Waals surface area contributed by atoms with Crippen LogP contribution in [0.3, 0.4) is 0 Å². The van der Waals surface area contributed by atoms with Crippen molar-refractivity contribution in [2.24, 2.45) is 0 Å². The van der Waals surface area contributed by atoms with Crippen molar-refractivity contribution in [1.82, 2.24) is 0 Å². The highest BCUT2D eigenvalue weighted by Crippen LogP contribution is 2.42. The van der Waals surface area contributed by atoms with Crippen LogP contribution < -0.4 is 14.2 Å². The van der Waals surface area contributed by atoms with Crippen molar-refractivity contribution in [1.29, 1.82) is 0 Å². The van der Waals surface area contributed by atoms with E-state index in [1.807, 2.05) is 6.92 Å². The predicted octanol–water partition coefficient (Wildman–Crippen LogP) is 1.47. The number of hydrogen-bond acceptors (Lipinski definition) is 4. The molecule has 1 heterocycles. The maximum Gasteiger partial charge on any atom is 0.315 e. The van der Waals surface area contributed by atoms with E-state index in [-0.39, 0.29) is 5.97 Å². The number of carbonyl (C=O) groups excluding carboxylic acids is 1. The zero-order valence-corrected chi connectivity index (χ0v) is 8.92. The molecule has 0 N–H and O–H groups in total. The largest absolute Gasteiger partial charge is 0.493 e. The van der Waals surface area contributed by atoms with Crippen LogP contribution in [0.15, 0.2) is 6.07 Å². The normalized spacial score (nSPS) is 13.4. The minimum absolute atomic E-state index is 0.233. The number of methoxy groups -OCH3 is 2. The lowest BCUT2D eigenvalue weighted by molar-refractivity contribution is -0.131. The topological polar surface area (TPSA) is 44.8 Å². The second-order valence-corrected chi connectivity index (χ2v) is 3.38. The van der Waals surface area contributed by atoms with Gasteiger partial charge in [-0.25, -0.2) is 0 Å². The number of carbonyl (C=O) groups is 1. The van der Waals surface area contributed by atoms with Gasteiger partial charge < -0.3 is 14.2 Å². The smallest absolute Gasteiger partial charge is 0.315 e. The quantitative estimate of drug-likeness (QED) is 0.545. The summed E-state index contributed by atoms with van der Waals surface area (Å²) in [7, 11) is 3.13. The first-order chi connectivity index (χ1) is 7.17. The van der Waals surface area contributed by atoms with Gasteiger partial charge >= 0.3 is 5.97 Å². The van der Waals surface area contributed by atoms with E-state index < -0.39 is 0 Å². The van der Waals surface area contributed by atoms with Crippen LogP contribution in [-0.4, -0.2) is 20.2 Å². The molecular formula is C11H12O4. The molecule has 1 aliphatic heterocycles. The molecule has 0 atom stereocenters. The molecule has 0 spiro atoms. The van der Waals surface area contributed by atoms with Gasteiger partial charge in [0.2, 0.25) is 0 Å². The Morgan fingerprint density at radius 2 is 2.07 bits per heavy atom. The van der Waals surface area contributed by atoms with E-state index in [4.69, 9.17) is 14.2 Å². The Labute approximate surface area is 87.8 Å². The Kier molecular flexibility index (Phi) is 2.26. The van der Waals surface area contributed by atoms with Gasteiger partial charge in [-0.2, -0.15) is 0 Å². The second-order valence-electron chi connectivity index (χ2n) is 3.38. The van der Waals surface area contributed by atoms with Crippen molar-refractivity contribution in [3.63, 3.8) is 0 Å². The van der Waals surface area contributed by atoms with Gasteiger partial charge in [-0.1, -0.05) is 0 Å². The zero-order chi connectivity index (χ0) is 11.0. The summed E-state index contributed by atoms with van der Waals surface area (Å²) in [5, 5.41) is 0. The Bertz CT molecular complexity index is 423. The standard InChI is InChI=1S/C11H12O4/c1-6-10-7(5-9(12)15-10)4-8(13-2)11(6)14-3/h4H,5H2,1-3H3. The highest BCUT2D eigenvalue weighted by atomic mass is 16.5. The molecule has 15 heavy (non-hydrogen) atoms. The Morgan fingerprint density at radius 3 is 2.67 bits per heavy atom. The average Bonchev–Trinajstić information content (AvgIpc) is 2.59. The fraction of sp³-hybridized carbons (Fsp3) is 0.364. The van der Waals surface area contributed by atoms with Crippen LogP contribution in [0, 0.1) is 6.92 Å². The lowest BCUT2D eigenvalue weighted by Crippen LogP contribution is -2.01. The molecule has 1 aromatic rings. The van der Waals surface area contributed by atoms with E-state index in [1.165, 1.54) is 0 Å². The van der Waals surface area contributed by atoms with Gasteiger partial charge in [0.25, 0.3) is 0 Å². The second kappa shape index (κ2) is 3.46. The molecule has 4 nitrogen and oxygen atoms in total. The molecule has 0 radical (unpaired) electrons. The molecular weight excluding hydrogens is 196 g/mol. The van der Waals surface area contributed by atoms with Crippen LogP contribution in [-0.2, 0) is 11.2 Å². The van der Waals surface area contributed by atoms with Crippen LogP contribution in [0.5, 0.6) is 17.2 Å². The molecule has 0 saturated carbocycles. The molecule has 0 aliphatic carbocycles. The molecule has 0 fully saturated rings. The first-order valence-electron chi connectivity index (χ1n) is 4.62. The number of benzene rings is 1. The highest BCUT2D eigenvalue weighted by Gasteiger charge is 2.26. The molecule has 0 unspecified atom stereocenters. The third kappa shape index (κ3) is 1.42. The molecule has 4 heteroatoms. The summed E-state index contributed by atoms with van der Waals surface area (Å²) in [5.74, 6) is 1.62. The number of ether oxygens (including phenoxy) is 3. The van der Waals surface area contributed by atoms with E-state index in [2.05, 4.69) is 0 Å². The molecule has 80 valence electrons. The molecule has 0 amide bonds. The van der Waals surface area contributed by atoms with Gasteiger partial charge in [-0.3, -0.25) is 4.79 Å². The van der Waals surface area contributed by atoms with Crippen molar-refractivity contribution in [3.8, 4) is 17.2 Å². The van der Waals surface area contributed by atoms with Crippen molar-refractivity contribution in [3.05, 3.63) is 17.2 Å². The molecule has 0 bridgehead atoms. The minimum atomic E-state index is -0.233. The molecule has 0 saturated heterocycles. The summed E-state index contributed by atoms with van der Waals surface area (Å²) in [6, 6.07) is 1.78. The van der Waals surface area contributed by atoms with Crippen molar-refractivity contribution in [2.45, 2.75) is 13.3 Å². The number of fused-ring (bicyclic) bond motifs is 1. The van der Waals surface area contributed by atoms with Crippen LogP contribution in [0.25, 0.3) is 0 Å². The van der Waals surface area contributed by atoms with Crippen LogP contribution >= 0.6 is 0 Å². The summed E-state index contributed by atoms with van der Waals surface area (Å²) in [6.45, 7) is 1.85. The van der Waals surface area contributed by atoms with Crippen LogP contribution in [0.1, 0.15) is 11.1 Å². The number of rotatable bonds is 2. The van der Waals surface area contributed by atoms with Crippen molar-refractivity contribution >= 4 is 5.97 Å². The van der Waals surface area contributed by atoms with Crippen LogP contribution in [0.2, 0.25) is 0 Å². The van der Waals surface area contributed by atoms with Gasteiger partial charge in [-0.05, 0) is 13.0 Å². The average molecular weight is 208 g/mol. The van der Waals surface area contributed by atoms with E-state index in [0.717, 1.165) is 11.1 Å². The third-order valence-electron chi connectivity index (χ3n) is 2.48. The van der Waals surface area contributed by atoms with Gasteiger partial charge in [0, 0.05) is 11.1 Å². The molecule has 1 aromatic carbocycles. The SMILES string of the molecule is COc1cc2c(c(C)c1OC)OC(=O)C2. The van der Waals surface area contributed by atoms with E-state index >= 15 is 0 Å². The summed E-state index contributed by atoms with van der Waals surface area (Å²) < 4.78 is 15.5. The first kappa shape index (κ1) is 9.83. The number of esters is 1.